The maximum Gasteiger partial charge on any atom is 0.212 e. The van der Waals surface area contributed by atoms with Gasteiger partial charge in [-0.3, -0.25) is 4.79 Å². The topological polar surface area (TPSA) is 26.3 Å². The van der Waals surface area contributed by atoms with Crippen molar-refractivity contribution >= 4 is 62.4 Å². The van der Waals surface area contributed by atoms with Crippen LogP contribution in [0.25, 0.3) is 0 Å². The van der Waals surface area contributed by atoms with E-state index in [0.29, 0.717) is 21.4 Å². The van der Waals surface area contributed by atoms with Crippen LogP contribution in [0.15, 0.2) is 155 Å². The fourth-order valence-corrected chi connectivity index (χ4v) is 7.83. The second-order valence-electron chi connectivity index (χ2n) is 11.5. The van der Waals surface area contributed by atoms with Crippen molar-refractivity contribution in [3.05, 3.63) is 179 Å². The normalized spacial score (nSPS) is 11.1. The Morgan fingerprint density at radius 2 is 0.918 bits per heavy atom. The Hall–Kier alpha value is -4.43. The third kappa shape index (κ3) is 8.98. The highest BCUT2D eigenvalue weighted by molar-refractivity contribution is 7.97. The molecule has 9 heteroatoms. The highest BCUT2D eigenvalue weighted by Crippen LogP contribution is 2.27. The number of carbonyl (C=O) groups is 1. The molecule has 0 radical (unpaired) electrons. The van der Waals surface area contributed by atoms with Gasteiger partial charge >= 0.3 is 0 Å². The van der Waals surface area contributed by atoms with Crippen molar-refractivity contribution in [2.75, 3.05) is 12.9 Å². The van der Waals surface area contributed by atoms with Gasteiger partial charge in [0.1, 0.15) is 23.2 Å². The molecule has 0 bridgehead atoms. The van der Waals surface area contributed by atoms with Gasteiger partial charge in [-0.2, -0.15) is 23.2 Å². The summed E-state index contributed by atoms with van der Waals surface area (Å²) in [7, 11) is 1.20. The molecule has 6 aromatic rings. The molecule has 0 heterocycles. The lowest BCUT2D eigenvalue weighted by molar-refractivity contribution is 0.102. The summed E-state index contributed by atoms with van der Waals surface area (Å²) in [6.45, 7) is 2.02. The standard InChI is InChI=1S/C21H17Cl2O2S.C19H15BF3/c1-25-18-8-2-15(3-9-18)21(24)14-26(19-10-4-16(22)5-11-19)20-12-6-17(23)7-13-20;1-20(14-2-8-17(21)9-3-14,15-4-10-18(22)11-5-15)16-6-12-19(23)13-7-16/h2-13H,14H2,1H3;2-13H,1H3/q+1;-1. The van der Waals surface area contributed by atoms with Crippen LogP contribution in [0, 0.1) is 17.5 Å². The Balaban J connectivity index is 0.000000192. The van der Waals surface area contributed by atoms with Crippen LogP contribution < -0.4 is 21.1 Å². The summed E-state index contributed by atoms with van der Waals surface area (Å²) in [6.07, 6.45) is -1.46. The summed E-state index contributed by atoms with van der Waals surface area (Å²) in [5, 5.41) is 1.35. The first-order valence-corrected chi connectivity index (χ1v) is 17.6. The molecular weight excluding hydrogens is 683 g/mol. The maximum atomic E-state index is 13.3. The zero-order valence-corrected chi connectivity index (χ0v) is 29.1. The molecule has 0 atom stereocenters. The van der Waals surface area contributed by atoms with E-state index in [4.69, 9.17) is 27.9 Å². The van der Waals surface area contributed by atoms with Crippen molar-refractivity contribution in [1.29, 1.82) is 0 Å². The number of ketones is 1. The van der Waals surface area contributed by atoms with Gasteiger partial charge in [0, 0.05) is 15.6 Å². The van der Waals surface area contributed by atoms with Crippen molar-refractivity contribution in [1.82, 2.24) is 0 Å². The van der Waals surface area contributed by atoms with Gasteiger partial charge in [-0.15, -0.1) is 0 Å². The van der Waals surface area contributed by atoms with Crippen LogP contribution in [0.1, 0.15) is 10.4 Å². The van der Waals surface area contributed by atoms with Gasteiger partial charge in [-0.1, -0.05) is 59.6 Å². The highest BCUT2D eigenvalue weighted by atomic mass is 35.5. The zero-order valence-electron chi connectivity index (χ0n) is 26.8. The average molecular weight is 715 g/mol. The molecule has 6 aromatic carbocycles. The molecule has 0 aliphatic heterocycles. The van der Waals surface area contributed by atoms with E-state index in [-0.39, 0.29) is 23.2 Å². The van der Waals surface area contributed by atoms with Gasteiger partial charge in [0.2, 0.25) is 5.78 Å². The Labute approximate surface area is 297 Å². The number of hydrogen-bond acceptors (Lipinski definition) is 2. The van der Waals surface area contributed by atoms with E-state index in [1.807, 2.05) is 55.4 Å². The summed E-state index contributed by atoms with van der Waals surface area (Å²) in [6, 6.07) is 41.3. The minimum absolute atomic E-state index is 0.0842. The van der Waals surface area contributed by atoms with Crippen LogP contribution in [-0.2, 0) is 10.9 Å². The fourth-order valence-electron chi connectivity index (χ4n) is 5.61. The van der Waals surface area contributed by atoms with E-state index in [2.05, 4.69) is 0 Å². The Kier molecular flexibility index (Phi) is 11.9. The molecule has 0 N–H and O–H groups in total. The van der Waals surface area contributed by atoms with Crippen molar-refractivity contribution in [3.63, 3.8) is 0 Å². The molecule has 0 aliphatic carbocycles. The second-order valence-corrected chi connectivity index (χ2v) is 14.4. The molecule has 0 fully saturated rings. The highest BCUT2D eigenvalue weighted by Gasteiger charge is 2.29. The number of halogens is 5. The van der Waals surface area contributed by atoms with Crippen molar-refractivity contribution < 1.29 is 22.7 Å². The largest absolute Gasteiger partial charge is 0.497 e. The van der Waals surface area contributed by atoms with Crippen molar-refractivity contribution in [3.8, 4) is 5.75 Å². The molecule has 2 nitrogen and oxygen atoms in total. The predicted molar refractivity (Wildman–Crippen MR) is 199 cm³/mol. The molecule has 0 aromatic heterocycles. The second kappa shape index (κ2) is 16.3. The molecular formula is C40H32BCl2F3O2S. The third-order valence-electron chi connectivity index (χ3n) is 8.49. The van der Waals surface area contributed by atoms with Crippen LogP contribution in [0.5, 0.6) is 5.75 Å². The quantitative estimate of drug-likeness (QED) is 0.0849. The monoisotopic (exact) mass is 714 g/mol. The lowest BCUT2D eigenvalue weighted by Gasteiger charge is -2.39. The van der Waals surface area contributed by atoms with E-state index >= 15 is 0 Å². The van der Waals surface area contributed by atoms with Gasteiger partial charge in [-0.25, -0.2) is 13.2 Å². The fraction of sp³-hybridized carbons (Fsp3) is 0.0750. The third-order valence-corrected chi connectivity index (χ3v) is 11.2. The van der Waals surface area contributed by atoms with Crippen LogP contribution in [0.3, 0.4) is 0 Å². The molecule has 0 saturated carbocycles. The summed E-state index contributed by atoms with van der Waals surface area (Å²) >= 11 is 12.0. The van der Waals surface area contributed by atoms with E-state index in [9.17, 15) is 18.0 Å². The minimum Gasteiger partial charge on any atom is -0.497 e. The number of methoxy groups -OCH3 is 1. The lowest BCUT2D eigenvalue weighted by Crippen LogP contribution is -2.64. The molecule has 6 rings (SSSR count). The number of rotatable bonds is 9. The molecule has 0 unspecified atom stereocenters. The molecule has 248 valence electrons. The van der Waals surface area contributed by atoms with Gasteiger partial charge in [0.25, 0.3) is 0 Å². The summed E-state index contributed by atoms with van der Waals surface area (Å²) in [4.78, 5) is 15.0. The minimum atomic E-state index is -1.46. The maximum absolute atomic E-state index is 13.3. The van der Waals surface area contributed by atoms with Gasteiger partial charge in [0.05, 0.1) is 24.2 Å². The lowest BCUT2D eigenvalue weighted by atomic mass is 9.17. The Morgan fingerprint density at radius 3 is 1.24 bits per heavy atom. The zero-order chi connectivity index (χ0) is 35.0. The molecule has 49 heavy (non-hydrogen) atoms. The molecule has 0 spiro atoms. The van der Waals surface area contributed by atoms with Crippen LogP contribution in [-0.4, -0.2) is 24.8 Å². The molecule has 0 aliphatic rings. The first kappa shape index (κ1) is 35.9. The first-order chi connectivity index (χ1) is 23.6. The number of benzene rings is 6. The van der Waals surface area contributed by atoms with E-state index in [1.165, 1.54) is 36.4 Å². The summed E-state index contributed by atoms with van der Waals surface area (Å²) in [5.74, 6) is 0.257. The van der Waals surface area contributed by atoms with E-state index in [1.54, 1.807) is 67.8 Å². The SMILES string of the molecule is COc1ccc(C(=O)C[S+](c2ccc(Cl)cc2)c2ccc(Cl)cc2)cc1.C[B-](c1ccc(F)cc1)(c1ccc(F)cc1)c1ccc(F)cc1. The number of Topliss-reactive ketones (excluding diaryl/α,β-unsaturated/α-hetero) is 1. The van der Waals surface area contributed by atoms with Crippen LogP contribution >= 0.6 is 23.2 Å². The van der Waals surface area contributed by atoms with Crippen molar-refractivity contribution in [2.24, 2.45) is 0 Å². The average Bonchev–Trinajstić information content (AvgIpc) is 3.12. The number of hydrogen-bond donors (Lipinski definition) is 0. The van der Waals surface area contributed by atoms with Gasteiger partial charge in [-0.05, 0) is 109 Å². The summed E-state index contributed by atoms with van der Waals surface area (Å²) in [5.41, 5.74) is 3.39. The van der Waals surface area contributed by atoms with Crippen LogP contribution in [0.2, 0.25) is 16.9 Å². The summed E-state index contributed by atoms with van der Waals surface area (Å²) < 4.78 is 45.0. The Bertz CT molecular complexity index is 1820. The van der Waals surface area contributed by atoms with Gasteiger partial charge in [0.15, 0.2) is 15.5 Å². The first-order valence-electron chi connectivity index (χ1n) is 15.4. The Morgan fingerprint density at radius 1 is 0.571 bits per heavy atom. The smallest absolute Gasteiger partial charge is 0.212 e. The predicted octanol–water partition coefficient (Wildman–Crippen LogP) is 9.13. The van der Waals surface area contributed by atoms with Crippen LogP contribution in [0.4, 0.5) is 13.2 Å². The van der Waals surface area contributed by atoms with Gasteiger partial charge < -0.3 is 4.74 Å². The number of ether oxygens (including phenoxy) is 1. The van der Waals surface area contributed by atoms with E-state index < -0.39 is 17.0 Å². The molecule has 0 saturated heterocycles. The molecule has 0 amide bonds. The van der Waals surface area contributed by atoms with E-state index in [0.717, 1.165) is 31.9 Å². The van der Waals surface area contributed by atoms with Crippen molar-refractivity contribution in [2.45, 2.75) is 16.6 Å². The number of carbonyl (C=O) groups excluding carboxylic acids is 1.